The second kappa shape index (κ2) is 6.64. The van der Waals surface area contributed by atoms with Gasteiger partial charge in [0.2, 0.25) is 0 Å². The zero-order chi connectivity index (χ0) is 9.52. The Bertz CT molecular complexity index is 147. The minimum absolute atomic E-state index is 0.884. The summed E-state index contributed by atoms with van der Waals surface area (Å²) in [5.74, 6) is 0.884. The van der Waals surface area contributed by atoms with Crippen LogP contribution in [-0.4, -0.2) is 5.33 Å². The van der Waals surface area contributed by atoms with E-state index in [0.717, 1.165) is 11.2 Å². The number of halogens is 1. The molecular formula is C12H21Br. The first kappa shape index (κ1) is 11.3. The molecule has 0 saturated heterocycles. The summed E-state index contributed by atoms with van der Waals surface area (Å²) in [6.45, 7) is 2.25. The highest BCUT2D eigenvalue weighted by atomic mass is 79.9. The van der Waals surface area contributed by atoms with E-state index in [4.69, 9.17) is 0 Å². The maximum atomic E-state index is 3.55. The van der Waals surface area contributed by atoms with Gasteiger partial charge in [-0.1, -0.05) is 60.2 Å². The van der Waals surface area contributed by atoms with Crippen molar-refractivity contribution in [3.05, 3.63) is 11.6 Å². The quantitative estimate of drug-likeness (QED) is 0.384. The number of allylic oxidation sites excluding steroid dienone is 2. The first-order chi connectivity index (χ1) is 6.36. The predicted molar refractivity (Wildman–Crippen MR) is 63.4 cm³/mol. The molecular weight excluding hydrogens is 224 g/mol. The minimum Gasteiger partial charge on any atom is -0.0880 e. The molecule has 0 N–H and O–H groups in total. The van der Waals surface area contributed by atoms with Crippen molar-refractivity contribution in [3.8, 4) is 0 Å². The van der Waals surface area contributed by atoms with Gasteiger partial charge in [0.15, 0.2) is 0 Å². The molecule has 1 aliphatic rings. The Hall–Kier alpha value is 0.220. The van der Waals surface area contributed by atoms with Gasteiger partial charge >= 0.3 is 0 Å². The lowest BCUT2D eigenvalue weighted by Gasteiger charge is -2.10. The molecule has 13 heavy (non-hydrogen) atoms. The first-order valence-electron chi connectivity index (χ1n) is 5.62. The molecule has 0 nitrogen and oxygen atoms in total. The van der Waals surface area contributed by atoms with Gasteiger partial charge in [0.25, 0.3) is 0 Å². The third-order valence-electron chi connectivity index (χ3n) is 3.00. The standard InChI is InChI=1S/C12H21Br/c1-2-11(10-13)9-12-7-5-3-4-6-8-12/h9,12H,2-8,10H2,1H3. The molecule has 76 valence electrons. The van der Waals surface area contributed by atoms with Gasteiger partial charge in [-0.15, -0.1) is 0 Å². The normalized spacial score (nSPS) is 21.5. The van der Waals surface area contributed by atoms with Crippen molar-refractivity contribution < 1.29 is 0 Å². The van der Waals surface area contributed by atoms with Gasteiger partial charge in [0, 0.05) is 5.33 Å². The average molecular weight is 245 g/mol. The van der Waals surface area contributed by atoms with Crippen LogP contribution in [0, 0.1) is 5.92 Å². The molecule has 0 spiro atoms. The van der Waals surface area contributed by atoms with E-state index in [1.165, 1.54) is 44.9 Å². The summed E-state index contributed by atoms with van der Waals surface area (Å²) in [6.07, 6.45) is 12.4. The van der Waals surface area contributed by atoms with E-state index < -0.39 is 0 Å². The molecule has 1 saturated carbocycles. The average Bonchev–Trinajstić information content (AvgIpc) is 2.42. The molecule has 1 heteroatoms. The molecule has 0 atom stereocenters. The van der Waals surface area contributed by atoms with Gasteiger partial charge in [-0.2, -0.15) is 0 Å². The molecule has 1 fully saturated rings. The zero-order valence-corrected chi connectivity index (χ0v) is 10.3. The van der Waals surface area contributed by atoms with E-state index >= 15 is 0 Å². The molecule has 0 bridgehead atoms. The van der Waals surface area contributed by atoms with Crippen molar-refractivity contribution in [3.63, 3.8) is 0 Å². The van der Waals surface area contributed by atoms with Crippen LogP contribution >= 0.6 is 15.9 Å². The SMILES string of the molecule is CCC(=CC1CCCCCC1)CBr. The molecule has 0 aliphatic heterocycles. The topological polar surface area (TPSA) is 0 Å². The molecule has 0 aromatic rings. The van der Waals surface area contributed by atoms with Crippen LogP contribution in [0.5, 0.6) is 0 Å². The van der Waals surface area contributed by atoms with Gasteiger partial charge in [-0.05, 0) is 25.2 Å². The van der Waals surface area contributed by atoms with Gasteiger partial charge in [0.05, 0.1) is 0 Å². The molecule has 0 radical (unpaired) electrons. The lowest BCUT2D eigenvalue weighted by atomic mass is 9.97. The maximum absolute atomic E-state index is 3.55. The lowest BCUT2D eigenvalue weighted by Crippen LogP contribution is -1.96. The second-order valence-corrected chi connectivity index (χ2v) is 4.62. The Morgan fingerprint density at radius 2 is 1.85 bits per heavy atom. The largest absolute Gasteiger partial charge is 0.0880 e. The van der Waals surface area contributed by atoms with Crippen LogP contribution in [0.3, 0.4) is 0 Å². The summed E-state index contributed by atoms with van der Waals surface area (Å²) in [5, 5.41) is 1.07. The summed E-state index contributed by atoms with van der Waals surface area (Å²) >= 11 is 3.55. The van der Waals surface area contributed by atoms with Crippen molar-refractivity contribution in [1.82, 2.24) is 0 Å². The van der Waals surface area contributed by atoms with Crippen molar-refractivity contribution in [1.29, 1.82) is 0 Å². The van der Waals surface area contributed by atoms with E-state index in [-0.39, 0.29) is 0 Å². The van der Waals surface area contributed by atoms with E-state index in [2.05, 4.69) is 28.9 Å². The van der Waals surface area contributed by atoms with Gasteiger partial charge in [-0.3, -0.25) is 0 Å². The Kier molecular flexibility index (Phi) is 5.77. The molecule has 0 amide bonds. The summed E-state index contributed by atoms with van der Waals surface area (Å²) < 4.78 is 0. The summed E-state index contributed by atoms with van der Waals surface area (Å²) in [6, 6.07) is 0. The number of hydrogen-bond donors (Lipinski definition) is 0. The van der Waals surface area contributed by atoms with Crippen molar-refractivity contribution in [2.24, 2.45) is 5.92 Å². The Morgan fingerprint density at radius 1 is 1.23 bits per heavy atom. The third-order valence-corrected chi connectivity index (χ3v) is 3.72. The first-order valence-corrected chi connectivity index (χ1v) is 6.74. The summed E-state index contributed by atoms with van der Waals surface area (Å²) in [5.41, 5.74) is 1.59. The molecule has 0 unspecified atom stereocenters. The summed E-state index contributed by atoms with van der Waals surface area (Å²) in [4.78, 5) is 0. The highest BCUT2D eigenvalue weighted by Crippen LogP contribution is 2.25. The molecule has 0 aromatic carbocycles. The van der Waals surface area contributed by atoms with Crippen LogP contribution in [0.25, 0.3) is 0 Å². The highest BCUT2D eigenvalue weighted by molar-refractivity contribution is 9.09. The summed E-state index contributed by atoms with van der Waals surface area (Å²) in [7, 11) is 0. The molecule has 1 rings (SSSR count). The van der Waals surface area contributed by atoms with Crippen molar-refractivity contribution in [2.45, 2.75) is 51.9 Å². The fourth-order valence-electron chi connectivity index (χ4n) is 2.07. The van der Waals surface area contributed by atoms with Crippen LogP contribution in [0.4, 0.5) is 0 Å². The van der Waals surface area contributed by atoms with E-state index in [0.29, 0.717) is 0 Å². The van der Waals surface area contributed by atoms with Gasteiger partial charge in [0.1, 0.15) is 0 Å². The predicted octanol–water partition coefficient (Wildman–Crippen LogP) is 4.69. The van der Waals surface area contributed by atoms with Crippen LogP contribution in [-0.2, 0) is 0 Å². The van der Waals surface area contributed by atoms with Gasteiger partial charge in [-0.25, -0.2) is 0 Å². The van der Waals surface area contributed by atoms with Crippen LogP contribution in [0.15, 0.2) is 11.6 Å². The van der Waals surface area contributed by atoms with Crippen molar-refractivity contribution >= 4 is 15.9 Å². The fourth-order valence-corrected chi connectivity index (χ4v) is 2.65. The van der Waals surface area contributed by atoms with Crippen LogP contribution < -0.4 is 0 Å². The molecule has 0 aromatic heterocycles. The monoisotopic (exact) mass is 244 g/mol. The van der Waals surface area contributed by atoms with E-state index in [9.17, 15) is 0 Å². The third kappa shape index (κ3) is 4.30. The molecule has 0 heterocycles. The minimum atomic E-state index is 0.884. The Balaban J connectivity index is 2.43. The number of rotatable bonds is 3. The van der Waals surface area contributed by atoms with Gasteiger partial charge < -0.3 is 0 Å². The Labute approximate surface area is 90.9 Å². The highest BCUT2D eigenvalue weighted by Gasteiger charge is 2.09. The Morgan fingerprint density at radius 3 is 2.31 bits per heavy atom. The maximum Gasteiger partial charge on any atom is 0.0241 e. The smallest absolute Gasteiger partial charge is 0.0241 e. The van der Waals surface area contributed by atoms with E-state index in [1.54, 1.807) is 5.57 Å². The number of alkyl halides is 1. The fraction of sp³-hybridized carbons (Fsp3) is 0.833. The van der Waals surface area contributed by atoms with Crippen LogP contribution in [0.2, 0.25) is 0 Å². The van der Waals surface area contributed by atoms with Crippen molar-refractivity contribution in [2.75, 3.05) is 5.33 Å². The van der Waals surface area contributed by atoms with E-state index in [1.807, 2.05) is 0 Å². The molecule has 1 aliphatic carbocycles. The lowest BCUT2D eigenvalue weighted by molar-refractivity contribution is 0.555. The number of hydrogen-bond acceptors (Lipinski definition) is 0. The zero-order valence-electron chi connectivity index (χ0n) is 8.69. The van der Waals surface area contributed by atoms with Crippen LogP contribution in [0.1, 0.15) is 51.9 Å². The second-order valence-electron chi connectivity index (χ2n) is 4.06.